The molecule has 0 radical (unpaired) electrons. The Labute approximate surface area is 81.7 Å². The highest BCUT2D eigenvalue weighted by Gasteiger charge is 2.44. The second-order valence-corrected chi connectivity index (χ2v) is 3.96. The number of rotatable bonds is 2. The maximum absolute atomic E-state index is 12.4. The van der Waals surface area contributed by atoms with Crippen LogP contribution in [-0.4, -0.2) is 12.5 Å². The van der Waals surface area contributed by atoms with Crippen LogP contribution < -0.4 is 0 Å². The molecule has 0 bridgehead atoms. The van der Waals surface area contributed by atoms with Crippen molar-refractivity contribution in [2.24, 2.45) is 11.8 Å². The molecule has 0 spiro atoms. The predicted molar refractivity (Wildman–Crippen MR) is 46.8 cm³/mol. The number of hydrogen-bond donors (Lipinski definition) is 0. The Hall–Kier alpha value is -0.540. The van der Waals surface area contributed by atoms with Gasteiger partial charge in [0.05, 0.1) is 0 Å². The molecule has 4 heteroatoms. The second kappa shape index (κ2) is 4.80. The van der Waals surface area contributed by atoms with Crippen molar-refractivity contribution >= 4 is 6.29 Å². The van der Waals surface area contributed by atoms with Crippen molar-refractivity contribution in [2.45, 2.75) is 44.7 Å². The molecular weight excluding hydrogens is 193 g/mol. The van der Waals surface area contributed by atoms with E-state index in [4.69, 9.17) is 0 Å². The highest BCUT2D eigenvalue weighted by atomic mass is 19.4. The molecule has 82 valence electrons. The highest BCUT2D eigenvalue weighted by molar-refractivity contribution is 5.55. The largest absolute Gasteiger partial charge is 0.398 e. The van der Waals surface area contributed by atoms with Gasteiger partial charge in [-0.1, -0.05) is 25.7 Å². The third-order valence-corrected chi connectivity index (χ3v) is 2.93. The minimum atomic E-state index is -4.35. The van der Waals surface area contributed by atoms with Gasteiger partial charge in [-0.05, 0) is 18.8 Å². The van der Waals surface area contributed by atoms with Gasteiger partial charge in [0.1, 0.15) is 12.2 Å². The summed E-state index contributed by atoms with van der Waals surface area (Å²) in [5.74, 6) is -2.21. The SMILES string of the molecule is O=CC(C1CCCCCC1)C(F)(F)F. The van der Waals surface area contributed by atoms with Gasteiger partial charge in [0, 0.05) is 0 Å². The lowest BCUT2D eigenvalue weighted by Gasteiger charge is -2.23. The number of halogens is 3. The summed E-state index contributed by atoms with van der Waals surface area (Å²) in [5, 5.41) is 0. The predicted octanol–water partition coefficient (Wildman–Crippen LogP) is 3.33. The van der Waals surface area contributed by atoms with E-state index in [9.17, 15) is 18.0 Å². The molecule has 0 N–H and O–H groups in total. The maximum atomic E-state index is 12.4. The Morgan fingerprint density at radius 1 is 1.07 bits per heavy atom. The summed E-state index contributed by atoms with van der Waals surface area (Å²) < 4.78 is 37.2. The molecule has 14 heavy (non-hydrogen) atoms. The van der Waals surface area contributed by atoms with E-state index in [1.807, 2.05) is 0 Å². The Morgan fingerprint density at radius 3 is 1.93 bits per heavy atom. The van der Waals surface area contributed by atoms with Crippen molar-refractivity contribution in [3.63, 3.8) is 0 Å². The average Bonchev–Trinajstić information content (AvgIpc) is 2.31. The van der Waals surface area contributed by atoms with Crippen molar-refractivity contribution in [1.82, 2.24) is 0 Å². The van der Waals surface area contributed by atoms with E-state index in [-0.39, 0.29) is 6.29 Å². The summed E-state index contributed by atoms with van der Waals surface area (Å²) in [7, 11) is 0. The van der Waals surface area contributed by atoms with Crippen molar-refractivity contribution in [3.05, 3.63) is 0 Å². The minimum Gasteiger partial charge on any atom is -0.303 e. The zero-order valence-electron chi connectivity index (χ0n) is 8.02. The Bertz CT molecular complexity index is 180. The van der Waals surface area contributed by atoms with E-state index in [0.717, 1.165) is 25.7 Å². The number of aldehydes is 1. The first kappa shape index (κ1) is 11.5. The molecule has 1 fully saturated rings. The van der Waals surface area contributed by atoms with E-state index in [0.29, 0.717) is 12.8 Å². The zero-order chi connectivity index (χ0) is 10.6. The Kier molecular flexibility index (Phi) is 3.96. The normalized spacial score (nSPS) is 22.8. The molecule has 0 aromatic rings. The zero-order valence-corrected chi connectivity index (χ0v) is 8.02. The van der Waals surface area contributed by atoms with Crippen LogP contribution in [0.3, 0.4) is 0 Å². The molecule has 1 aliphatic carbocycles. The van der Waals surface area contributed by atoms with Crippen LogP contribution in [0.25, 0.3) is 0 Å². The average molecular weight is 208 g/mol. The molecule has 1 saturated carbocycles. The van der Waals surface area contributed by atoms with E-state index in [1.165, 1.54) is 0 Å². The Balaban J connectivity index is 2.62. The molecule has 0 aliphatic heterocycles. The smallest absolute Gasteiger partial charge is 0.303 e. The molecule has 0 saturated heterocycles. The van der Waals surface area contributed by atoms with Gasteiger partial charge in [-0.3, -0.25) is 0 Å². The first-order valence-electron chi connectivity index (χ1n) is 5.07. The summed E-state index contributed by atoms with van der Waals surface area (Å²) in [6.07, 6.45) is 0.467. The van der Waals surface area contributed by atoms with Crippen LogP contribution in [0.4, 0.5) is 13.2 Å². The third-order valence-electron chi connectivity index (χ3n) is 2.93. The minimum absolute atomic E-state index is 0.0794. The second-order valence-electron chi connectivity index (χ2n) is 3.96. The van der Waals surface area contributed by atoms with Gasteiger partial charge in [-0.25, -0.2) is 0 Å². The van der Waals surface area contributed by atoms with Gasteiger partial charge in [-0.15, -0.1) is 0 Å². The quantitative estimate of drug-likeness (QED) is 0.502. The molecule has 0 aromatic carbocycles. The van der Waals surface area contributed by atoms with Crippen LogP contribution in [0.15, 0.2) is 0 Å². The standard InChI is InChI=1S/C10H15F3O/c11-10(12,13)9(7-14)8-5-3-1-2-4-6-8/h7-9H,1-6H2. The number of carbonyl (C=O) groups excluding carboxylic acids is 1. The fourth-order valence-electron chi connectivity index (χ4n) is 2.13. The van der Waals surface area contributed by atoms with Gasteiger partial charge in [0.15, 0.2) is 0 Å². The first-order valence-corrected chi connectivity index (χ1v) is 5.07. The molecular formula is C10H15F3O. The van der Waals surface area contributed by atoms with Crippen LogP contribution in [0.5, 0.6) is 0 Å². The molecule has 1 unspecified atom stereocenters. The van der Waals surface area contributed by atoms with Crippen molar-refractivity contribution in [3.8, 4) is 0 Å². The van der Waals surface area contributed by atoms with E-state index in [2.05, 4.69) is 0 Å². The summed E-state index contributed by atoms with van der Waals surface area (Å²) in [5.41, 5.74) is 0. The van der Waals surface area contributed by atoms with Gasteiger partial charge >= 0.3 is 6.18 Å². The highest BCUT2D eigenvalue weighted by Crippen LogP contribution is 2.37. The molecule has 0 amide bonds. The summed E-state index contributed by atoms with van der Waals surface area (Å²) in [4.78, 5) is 10.4. The summed E-state index contributed by atoms with van der Waals surface area (Å²) in [6.45, 7) is 0. The van der Waals surface area contributed by atoms with E-state index in [1.54, 1.807) is 0 Å². The monoisotopic (exact) mass is 208 g/mol. The number of hydrogen-bond acceptors (Lipinski definition) is 1. The maximum Gasteiger partial charge on any atom is 0.398 e. The lowest BCUT2D eigenvalue weighted by Crippen LogP contribution is -2.31. The number of alkyl halides is 3. The fourth-order valence-corrected chi connectivity index (χ4v) is 2.13. The molecule has 1 aliphatic rings. The Morgan fingerprint density at radius 2 is 1.57 bits per heavy atom. The molecule has 0 heterocycles. The van der Waals surface area contributed by atoms with Gasteiger partial charge in [0.2, 0.25) is 0 Å². The lowest BCUT2D eigenvalue weighted by molar-refractivity contribution is -0.186. The van der Waals surface area contributed by atoms with Crippen molar-refractivity contribution < 1.29 is 18.0 Å². The van der Waals surface area contributed by atoms with Crippen LogP contribution in [0.1, 0.15) is 38.5 Å². The van der Waals surface area contributed by atoms with Crippen LogP contribution in [-0.2, 0) is 4.79 Å². The van der Waals surface area contributed by atoms with Crippen LogP contribution in [0.2, 0.25) is 0 Å². The summed E-state index contributed by atoms with van der Waals surface area (Å²) in [6, 6.07) is 0. The fraction of sp³-hybridized carbons (Fsp3) is 0.900. The topological polar surface area (TPSA) is 17.1 Å². The molecule has 0 aromatic heterocycles. The van der Waals surface area contributed by atoms with Crippen LogP contribution in [0, 0.1) is 11.8 Å². The van der Waals surface area contributed by atoms with Crippen LogP contribution >= 0.6 is 0 Å². The lowest BCUT2D eigenvalue weighted by atomic mass is 9.86. The van der Waals surface area contributed by atoms with Gasteiger partial charge in [-0.2, -0.15) is 13.2 Å². The van der Waals surface area contributed by atoms with Gasteiger partial charge in [0.25, 0.3) is 0 Å². The molecule has 1 nitrogen and oxygen atoms in total. The van der Waals surface area contributed by atoms with Crippen molar-refractivity contribution in [2.75, 3.05) is 0 Å². The molecule has 1 rings (SSSR count). The third kappa shape index (κ3) is 3.00. The van der Waals surface area contributed by atoms with E-state index >= 15 is 0 Å². The van der Waals surface area contributed by atoms with E-state index < -0.39 is 18.0 Å². The summed E-state index contributed by atoms with van der Waals surface area (Å²) >= 11 is 0. The first-order chi connectivity index (χ1) is 6.55. The number of carbonyl (C=O) groups is 1. The van der Waals surface area contributed by atoms with Gasteiger partial charge < -0.3 is 4.79 Å². The molecule has 1 atom stereocenters. The van der Waals surface area contributed by atoms with Crippen molar-refractivity contribution in [1.29, 1.82) is 0 Å².